The largest absolute Gasteiger partial charge is 0.493 e. The summed E-state index contributed by atoms with van der Waals surface area (Å²) in [4.78, 5) is 12.3. The normalized spacial score (nSPS) is 10.2. The molecule has 0 aliphatic carbocycles. The number of anilines is 1. The van der Waals surface area contributed by atoms with Crippen molar-refractivity contribution in [2.45, 2.75) is 13.3 Å². The molecule has 0 bridgehead atoms. The van der Waals surface area contributed by atoms with Crippen LogP contribution in [0.1, 0.15) is 11.1 Å². The summed E-state index contributed by atoms with van der Waals surface area (Å²) in [5, 5.41) is 2.77. The van der Waals surface area contributed by atoms with Crippen LogP contribution in [0.15, 0.2) is 30.3 Å². The first-order valence-corrected chi connectivity index (χ1v) is 7.34. The smallest absolute Gasteiger partial charge is 0.228 e. The molecule has 0 aromatic heterocycles. The maximum Gasteiger partial charge on any atom is 0.228 e. The minimum atomic E-state index is -0.341. The fraction of sp³-hybridized carbons (Fsp3) is 0.278. The molecule has 0 fully saturated rings. The van der Waals surface area contributed by atoms with Gasteiger partial charge in [0.25, 0.3) is 0 Å². The van der Waals surface area contributed by atoms with Gasteiger partial charge >= 0.3 is 0 Å². The quantitative estimate of drug-likeness (QED) is 0.881. The SMILES string of the molecule is COc1ccc(CC(=O)Nc2ccc(F)cc2C)c(OC)c1OC. The number of carbonyl (C=O) groups excluding carboxylic acids is 1. The summed E-state index contributed by atoms with van der Waals surface area (Å²) in [5.41, 5.74) is 1.89. The van der Waals surface area contributed by atoms with Gasteiger partial charge in [0.2, 0.25) is 11.7 Å². The van der Waals surface area contributed by atoms with Crippen LogP contribution in [0.4, 0.5) is 10.1 Å². The van der Waals surface area contributed by atoms with E-state index in [4.69, 9.17) is 14.2 Å². The van der Waals surface area contributed by atoms with E-state index in [1.807, 2.05) is 0 Å². The summed E-state index contributed by atoms with van der Waals surface area (Å²) < 4.78 is 29.0. The molecule has 128 valence electrons. The average Bonchev–Trinajstić information content (AvgIpc) is 2.56. The number of hydrogen-bond acceptors (Lipinski definition) is 4. The predicted octanol–water partition coefficient (Wildman–Crippen LogP) is 3.34. The first-order chi connectivity index (χ1) is 11.5. The zero-order valence-corrected chi connectivity index (χ0v) is 14.1. The van der Waals surface area contributed by atoms with E-state index in [1.54, 1.807) is 19.1 Å². The van der Waals surface area contributed by atoms with E-state index in [0.717, 1.165) is 0 Å². The van der Waals surface area contributed by atoms with Crippen LogP contribution in [0.2, 0.25) is 0 Å². The van der Waals surface area contributed by atoms with Crippen molar-refractivity contribution in [1.82, 2.24) is 0 Å². The molecule has 24 heavy (non-hydrogen) atoms. The van der Waals surface area contributed by atoms with Crippen molar-refractivity contribution in [1.29, 1.82) is 0 Å². The van der Waals surface area contributed by atoms with E-state index >= 15 is 0 Å². The number of ether oxygens (including phenoxy) is 3. The van der Waals surface area contributed by atoms with E-state index < -0.39 is 0 Å². The maximum atomic E-state index is 13.1. The lowest BCUT2D eigenvalue weighted by molar-refractivity contribution is -0.115. The zero-order valence-electron chi connectivity index (χ0n) is 14.1. The maximum absolute atomic E-state index is 13.1. The molecule has 0 aliphatic rings. The molecule has 0 spiro atoms. The molecule has 2 aromatic rings. The highest BCUT2D eigenvalue weighted by Crippen LogP contribution is 2.39. The molecule has 0 saturated carbocycles. The monoisotopic (exact) mass is 333 g/mol. The first-order valence-electron chi connectivity index (χ1n) is 7.34. The van der Waals surface area contributed by atoms with Gasteiger partial charge in [0.1, 0.15) is 5.82 Å². The van der Waals surface area contributed by atoms with Gasteiger partial charge in [0.05, 0.1) is 27.8 Å². The summed E-state index contributed by atoms with van der Waals surface area (Å²) in [5.74, 6) is 0.821. The van der Waals surface area contributed by atoms with Crippen molar-refractivity contribution < 1.29 is 23.4 Å². The number of carbonyl (C=O) groups is 1. The van der Waals surface area contributed by atoms with Crippen LogP contribution in [0.25, 0.3) is 0 Å². The second-order valence-corrected chi connectivity index (χ2v) is 5.18. The lowest BCUT2D eigenvalue weighted by atomic mass is 10.1. The van der Waals surface area contributed by atoms with Gasteiger partial charge in [0.15, 0.2) is 11.5 Å². The standard InChI is InChI=1S/C18H20FNO4/c1-11-9-13(19)6-7-14(11)20-16(21)10-12-5-8-15(22-2)18(24-4)17(12)23-3/h5-9H,10H2,1-4H3,(H,20,21). The third-order valence-corrected chi connectivity index (χ3v) is 3.60. The molecule has 0 heterocycles. The number of rotatable bonds is 6. The van der Waals surface area contributed by atoms with Crippen molar-refractivity contribution in [3.05, 3.63) is 47.3 Å². The van der Waals surface area contributed by atoms with Crippen molar-refractivity contribution in [3.63, 3.8) is 0 Å². The molecule has 2 aromatic carbocycles. The van der Waals surface area contributed by atoms with Gasteiger partial charge in [-0.3, -0.25) is 4.79 Å². The van der Waals surface area contributed by atoms with E-state index in [-0.39, 0.29) is 18.1 Å². The summed E-state index contributed by atoms with van der Waals surface area (Å²) in [6, 6.07) is 7.67. The number of aryl methyl sites for hydroxylation is 1. The van der Waals surface area contributed by atoms with Crippen molar-refractivity contribution in [2.75, 3.05) is 26.6 Å². The Bertz CT molecular complexity index is 746. The van der Waals surface area contributed by atoms with Gasteiger partial charge in [-0.15, -0.1) is 0 Å². The van der Waals surface area contributed by atoms with Gasteiger partial charge in [0, 0.05) is 11.3 Å². The summed E-state index contributed by atoms with van der Waals surface area (Å²) in [7, 11) is 4.54. The number of halogens is 1. The zero-order chi connectivity index (χ0) is 17.7. The first kappa shape index (κ1) is 17.6. The lowest BCUT2D eigenvalue weighted by Crippen LogP contribution is -2.16. The van der Waals surface area contributed by atoms with Gasteiger partial charge in [-0.2, -0.15) is 0 Å². The number of benzene rings is 2. The van der Waals surface area contributed by atoms with Gasteiger partial charge in [-0.1, -0.05) is 6.07 Å². The molecule has 5 nitrogen and oxygen atoms in total. The Morgan fingerprint density at radius 1 is 1.04 bits per heavy atom. The minimum absolute atomic E-state index is 0.0837. The summed E-state index contributed by atoms with van der Waals surface area (Å²) >= 11 is 0. The highest BCUT2D eigenvalue weighted by Gasteiger charge is 2.18. The average molecular weight is 333 g/mol. The van der Waals surface area contributed by atoms with Crippen LogP contribution in [0, 0.1) is 12.7 Å². The van der Waals surface area contributed by atoms with Crippen molar-refractivity contribution in [2.24, 2.45) is 0 Å². The fourth-order valence-electron chi connectivity index (χ4n) is 2.44. The molecule has 0 aliphatic heterocycles. The molecular formula is C18H20FNO4. The van der Waals surface area contributed by atoms with Crippen LogP contribution < -0.4 is 19.5 Å². The van der Waals surface area contributed by atoms with Gasteiger partial charge in [-0.25, -0.2) is 4.39 Å². The van der Waals surface area contributed by atoms with E-state index in [9.17, 15) is 9.18 Å². The Balaban J connectivity index is 2.22. The second kappa shape index (κ2) is 7.68. The van der Waals surface area contributed by atoms with Crippen LogP contribution in [-0.4, -0.2) is 27.2 Å². The Labute approximate surface area is 140 Å². The molecule has 0 atom stereocenters. The molecule has 0 radical (unpaired) electrons. The summed E-state index contributed by atoms with van der Waals surface area (Å²) in [6.07, 6.45) is 0.0837. The molecule has 6 heteroatoms. The molecule has 0 unspecified atom stereocenters. The van der Waals surface area contributed by atoms with Gasteiger partial charge < -0.3 is 19.5 Å². The topological polar surface area (TPSA) is 56.8 Å². The molecular weight excluding hydrogens is 313 g/mol. The predicted molar refractivity (Wildman–Crippen MR) is 89.6 cm³/mol. The number of methoxy groups -OCH3 is 3. The third-order valence-electron chi connectivity index (χ3n) is 3.60. The van der Waals surface area contributed by atoms with E-state index in [1.165, 1.54) is 39.5 Å². The highest BCUT2D eigenvalue weighted by atomic mass is 19.1. The van der Waals surface area contributed by atoms with E-state index in [0.29, 0.717) is 34.1 Å². The van der Waals surface area contributed by atoms with Crippen LogP contribution >= 0.6 is 0 Å². The minimum Gasteiger partial charge on any atom is -0.493 e. The second-order valence-electron chi connectivity index (χ2n) is 5.18. The molecule has 1 amide bonds. The molecule has 0 saturated heterocycles. The lowest BCUT2D eigenvalue weighted by Gasteiger charge is -2.16. The number of nitrogens with one attached hydrogen (secondary N) is 1. The summed E-state index contributed by atoms with van der Waals surface area (Å²) in [6.45, 7) is 1.73. The van der Waals surface area contributed by atoms with Crippen molar-refractivity contribution >= 4 is 11.6 Å². The molecule has 1 N–H and O–H groups in total. The number of amides is 1. The van der Waals surface area contributed by atoms with Crippen LogP contribution in [0.3, 0.4) is 0 Å². The molecule has 2 rings (SSSR count). The third kappa shape index (κ3) is 3.76. The van der Waals surface area contributed by atoms with Crippen LogP contribution in [-0.2, 0) is 11.2 Å². The Morgan fingerprint density at radius 2 is 1.75 bits per heavy atom. The highest BCUT2D eigenvalue weighted by molar-refractivity contribution is 5.93. The Kier molecular flexibility index (Phi) is 5.63. The van der Waals surface area contributed by atoms with Gasteiger partial charge in [-0.05, 0) is 36.8 Å². The number of hydrogen-bond donors (Lipinski definition) is 1. The Hall–Kier alpha value is -2.76. The van der Waals surface area contributed by atoms with Crippen molar-refractivity contribution in [3.8, 4) is 17.2 Å². The van der Waals surface area contributed by atoms with E-state index in [2.05, 4.69) is 5.32 Å². The van der Waals surface area contributed by atoms with Crippen LogP contribution in [0.5, 0.6) is 17.2 Å². The fourth-order valence-corrected chi connectivity index (χ4v) is 2.44. The Morgan fingerprint density at radius 3 is 2.33 bits per heavy atom.